The molecule has 0 radical (unpaired) electrons. The topological polar surface area (TPSA) is 60.1 Å². The standard InChI is InChI=1S/C16H30N6/c1-16(2)12-22(11-10-21(16)3)9-8-17-15-18-14(19-20-15)13-6-4-5-7-13/h13H,4-12H2,1-3H3,(H2,17,18,19,20). The monoisotopic (exact) mass is 306 g/mol. The third kappa shape index (κ3) is 3.60. The van der Waals surface area contributed by atoms with Crippen molar-refractivity contribution < 1.29 is 0 Å². The molecule has 1 saturated heterocycles. The van der Waals surface area contributed by atoms with Crippen molar-refractivity contribution in [3.63, 3.8) is 0 Å². The Kier molecular flexibility index (Phi) is 4.68. The molecule has 0 amide bonds. The Morgan fingerprint density at radius 3 is 2.77 bits per heavy atom. The summed E-state index contributed by atoms with van der Waals surface area (Å²) in [6.45, 7) is 9.98. The number of hydrogen-bond acceptors (Lipinski definition) is 5. The van der Waals surface area contributed by atoms with Crippen LogP contribution in [0, 0.1) is 0 Å². The van der Waals surface area contributed by atoms with E-state index in [4.69, 9.17) is 0 Å². The summed E-state index contributed by atoms with van der Waals surface area (Å²) in [4.78, 5) is 9.58. The predicted molar refractivity (Wildman–Crippen MR) is 89.2 cm³/mol. The van der Waals surface area contributed by atoms with Gasteiger partial charge in [0.15, 0.2) is 0 Å². The van der Waals surface area contributed by atoms with Gasteiger partial charge in [-0.15, -0.1) is 5.10 Å². The minimum Gasteiger partial charge on any atom is -0.352 e. The number of piperazine rings is 1. The van der Waals surface area contributed by atoms with E-state index in [1.54, 1.807) is 0 Å². The molecule has 0 spiro atoms. The lowest BCUT2D eigenvalue weighted by atomic mass is 10.00. The Bertz CT molecular complexity index is 477. The molecule has 0 bridgehead atoms. The van der Waals surface area contributed by atoms with Crippen molar-refractivity contribution in [2.75, 3.05) is 45.1 Å². The maximum atomic E-state index is 4.61. The van der Waals surface area contributed by atoms with Crippen LogP contribution in [0.15, 0.2) is 0 Å². The minimum atomic E-state index is 0.262. The third-order valence-electron chi connectivity index (χ3n) is 5.35. The zero-order valence-corrected chi connectivity index (χ0v) is 14.2. The fraction of sp³-hybridized carbons (Fsp3) is 0.875. The smallest absolute Gasteiger partial charge is 0.242 e. The number of rotatable bonds is 5. The molecule has 1 saturated carbocycles. The van der Waals surface area contributed by atoms with Gasteiger partial charge >= 0.3 is 0 Å². The van der Waals surface area contributed by atoms with Crippen molar-refractivity contribution >= 4 is 5.95 Å². The van der Waals surface area contributed by atoms with Crippen LogP contribution in [0.5, 0.6) is 0 Å². The van der Waals surface area contributed by atoms with Crippen LogP contribution in [-0.2, 0) is 0 Å². The van der Waals surface area contributed by atoms with Gasteiger partial charge in [-0.3, -0.25) is 14.9 Å². The molecule has 2 aliphatic rings. The van der Waals surface area contributed by atoms with Gasteiger partial charge in [0.25, 0.3) is 0 Å². The van der Waals surface area contributed by atoms with Crippen molar-refractivity contribution in [1.82, 2.24) is 25.0 Å². The van der Waals surface area contributed by atoms with E-state index in [1.165, 1.54) is 25.7 Å². The molecule has 6 heteroatoms. The second-order valence-corrected chi connectivity index (χ2v) is 7.46. The molecule has 2 N–H and O–H groups in total. The Morgan fingerprint density at radius 2 is 2.05 bits per heavy atom. The second kappa shape index (κ2) is 6.54. The van der Waals surface area contributed by atoms with E-state index in [0.29, 0.717) is 5.92 Å². The number of anilines is 1. The number of nitrogens with one attached hydrogen (secondary N) is 2. The van der Waals surface area contributed by atoms with Gasteiger partial charge < -0.3 is 5.32 Å². The SMILES string of the molecule is CN1CCN(CCNc2n[nH]c(C3CCCC3)n2)CC1(C)C. The van der Waals surface area contributed by atoms with Crippen LogP contribution < -0.4 is 5.32 Å². The molecule has 0 aromatic carbocycles. The highest BCUT2D eigenvalue weighted by molar-refractivity contribution is 5.23. The molecule has 0 atom stereocenters. The Morgan fingerprint density at radius 1 is 1.27 bits per heavy atom. The molecule has 22 heavy (non-hydrogen) atoms. The van der Waals surface area contributed by atoms with Crippen LogP contribution in [0.2, 0.25) is 0 Å². The molecular formula is C16H30N6. The molecule has 1 aromatic rings. The van der Waals surface area contributed by atoms with Crippen LogP contribution >= 0.6 is 0 Å². The Labute approximate surface area is 133 Å². The molecule has 3 rings (SSSR count). The van der Waals surface area contributed by atoms with Crippen LogP contribution in [0.1, 0.15) is 51.3 Å². The number of nitrogens with zero attached hydrogens (tertiary/aromatic N) is 4. The molecule has 1 aromatic heterocycles. The van der Waals surface area contributed by atoms with E-state index in [9.17, 15) is 0 Å². The molecule has 2 fully saturated rings. The van der Waals surface area contributed by atoms with Crippen LogP contribution in [0.3, 0.4) is 0 Å². The van der Waals surface area contributed by atoms with Crippen molar-refractivity contribution in [2.45, 2.75) is 51.0 Å². The van der Waals surface area contributed by atoms with Crippen molar-refractivity contribution in [2.24, 2.45) is 0 Å². The Hall–Kier alpha value is -1.14. The van der Waals surface area contributed by atoms with Crippen molar-refractivity contribution in [1.29, 1.82) is 0 Å². The lowest BCUT2D eigenvalue weighted by Gasteiger charge is -2.45. The average Bonchev–Trinajstić information content (AvgIpc) is 3.13. The molecule has 0 unspecified atom stereocenters. The van der Waals surface area contributed by atoms with E-state index >= 15 is 0 Å². The molecule has 124 valence electrons. The van der Waals surface area contributed by atoms with E-state index in [1.807, 2.05) is 0 Å². The Balaban J connectivity index is 1.43. The summed E-state index contributed by atoms with van der Waals surface area (Å²) in [6, 6.07) is 0. The normalized spacial score (nSPS) is 24.0. The first-order chi connectivity index (χ1) is 10.5. The zero-order chi connectivity index (χ0) is 15.6. The quantitative estimate of drug-likeness (QED) is 0.870. The molecule has 1 aliphatic carbocycles. The third-order valence-corrected chi connectivity index (χ3v) is 5.35. The largest absolute Gasteiger partial charge is 0.352 e. The van der Waals surface area contributed by atoms with Crippen LogP contribution in [-0.4, -0.2) is 70.3 Å². The highest BCUT2D eigenvalue weighted by Crippen LogP contribution is 2.32. The van der Waals surface area contributed by atoms with Gasteiger partial charge in [0.05, 0.1) is 0 Å². The lowest BCUT2D eigenvalue weighted by Crippen LogP contribution is -2.58. The van der Waals surface area contributed by atoms with Crippen LogP contribution in [0.25, 0.3) is 0 Å². The van der Waals surface area contributed by atoms with Gasteiger partial charge in [0.1, 0.15) is 5.82 Å². The van der Waals surface area contributed by atoms with Crippen molar-refractivity contribution in [3.05, 3.63) is 5.82 Å². The van der Waals surface area contributed by atoms with E-state index < -0.39 is 0 Å². The van der Waals surface area contributed by atoms with Gasteiger partial charge in [-0.25, -0.2) is 0 Å². The highest BCUT2D eigenvalue weighted by atomic mass is 15.3. The summed E-state index contributed by atoms with van der Waals surface area (Å²) < 4.78 is 0. The number of aromatic amines is 1. The fourth-order valence-corrected chi connectivity index (χ4v) is 3.59. The fourth-order valence-electron chi connectivity index (χ4n) is 3.59. The lowest BCUT2D eigenvalue weighted by molar-refractivity contribution is 0.0423. The summed E-state index contributed by atoms with van der Waals surface area (Å²) in [5.74, 6) is 2.43. The summed E-state index contributed by atoms with van der Waals surface area (Å²) in [6.07, 6.45) is 5.16. The highest BCUT2D eigenvalue weighted by Gasteiger charge is 2.30. The zero-order valence-electron chi connectivity index (χ0n) is 14.2. The second-order valence-electron chi connectivity index (χ2n) is 7.46. The summed E-state index contributed by atoms with van der Waals surface area (Å²) in [5.41, 5.74) is 0.262. The predicted octanol–water partition coefficient (Wildman–Crippen LogP) is 1.90. The summed E-state index contributed by atoms with van der Waals surface area (Å²) in [7, 11) is 2.22. The first-order valence-electron chi connectivity index (χ1n) is 8.64. The number of aromatic nitrogens is 3. The van der Waals surface area contributed by atoms with E-state index in [0.717, 1.165) is 44.5 Å². The first-order valence-corrected chi connectivity index (χ1v) is 8.64. The molecule has 6 nitrogen and oxygen atoms in total. The maximum Gasteiger partial charge on any atom is 0.242 e. The molecular weight excluding hydrogens is 276 g/mol. The van der Waals surface area contributed by atoms with Gasteiger partial charge in [-0.2, -0.15) is 4.98 Å². The van der Waals surface area contributed by atoms with Gasteiger partial charge in [-0.05, 0) is 33.7 Å². The van der Waals surface area contributed by atoms with Gasteiger partial charge in [0.2, 0.25) is 5.95 Å². The first kappa shape index (κ1) is 15.7. The molecule has 2 heterocycles. The minimum absolute atomic E-state index is 0.262. The van der Waals surface area contributed by atoms with Crippen molar-refractivity contribution in [3.8, 4) is 0 Å². The van der Waals surface area contributed by atoms with E-state index in [2.05, 4.69) is 51.2 Å². The van der Waals surface area contributed by atoms with Gasteiger partial charge in [0, 0.05) is 44.2 Å². The summed E-state index contributed by atoms with van der Waals surface area (Å²) >= 11 is 0. The van der Waals surface area contributed by atoms with E-state index in [-0.39, 0.29) is 5.54 Å². The summed E-state index contributed by atoms with van der Waals surface area (Å²) in [5, 5.41) is 10.8. The molecule has 1 aliphatic heterocycles. The maximum absolute atomic E-state index is 4.61. The number of likely N-dealkylation sites (N-methyl/N-ethyl adjacent to an activating group) is 1. The average molecular weight is 306 g/mol. The number of H-pyrrole nitrogens is 1. The van der Waals surface area contributed by atoms with Gasteiger partial charge in [-0.1, -0.05) is 12.8 Å². The van der Waals surface area contributed by atoms with Crippen LogP contribution in [0.4, 0.5) is 5.95 Å². The number of hydrogen-bond donors (Lipinski definition) is 2.